The van der Waals surface area contributed by atoms with E-state index in [0.29, 0.717) is 0 Å². The van der Waals surface area contributed by atoms with Crippen molar-refractivity contribution in [1.29, 1.82) is 0 Å². The molecule has 176 valence electrons. The molecule has 0 radical (unpaired) electrons. The van der Waals surface area contributed by atoms with E-state index >= 15 is 0 Å². The van der Waals surface area contributed by atoms with Crippen molar-refractivity contribution in [2.45, 2.75) is 45.8 Å². The molecule has 1 aromatic heterocycles. The zero-order valence-electron chi connectivity index (χ0n) is 21.1. The first-order valence-corrected chi connectivity index (χ1v) is 12.1. The minimum atomic E-state index is -0.414. The third kappa shape index (κ3) is 4.07. The zero-order valence-corrected chi connectivity index (χ0v) is 21.1. The zero-order chi connectivity index (χ0) is 24.8. The summed E-state index contributed by atoms with van der Waals surface area (Å²) in [6.45, 7) is 14.7. The van der Waals surface area contributed by atoms with E-state index in [2.05, 4.69) is 88.9 Å². The molecule has 3 aromatic carbocycles. The van der Waals surface area contributed by atoms with Gasteiger partial charge in [-0.3, -0.25) is 0 Å². The number of hydrogen-bond donors (Lipinski definition) is 0. The smallest absolute Gasteiger partial charge is 0.455 e. The average molecular weight is 462 g/mol. The van der Waals surface area contributed by atoms with Crippen LogP contribution in [0.5, 0.6) is 0 Å². The molecule has 0 unspecified atom stereocenters. The summed E-state index contributed by atoms with van der Waals surface area (Å²) in [7, 11) is -0.414. The van der Waals surface area contributed by atoms with Gasteiger partial charge in [-0.2, -0.15) is 0 Å². The number of allylic oxidation sites excluding steroid dienone is 1. The molecule has 0 saturated carbocycles. The molecule has 4 heteroatoms. The Morgan fingerprint density at radius 3 is 2.23 bits per heavy atom. The van der Waals surface area contributed by atoms with Gasteiger partial charge in [-0.05, 0) is 51.2 Å². The van der Waals surface area contributed by atoms with Crippen LogP contribution >= 0.6 is 0 Å². The molecule has 0 spiro atoms. The van der Waals surface area contributed by atoms with Gasteiger partial charge >= 0.3 is 7.12 Å². The Kier molecular flexibility index (Phi) is 5.82. The van der Waals surface area contributed by atoms with Crippen LogP contribution in [0.1, 0.15) is 51.5 Å². The summed E-state index contributed by atoms with van der Waals surface area (Å²) in [6.07, 6.45) is 4.14. The highest BCUT2D eigenvalue weighted by Crippen LogP contribution is 2.40. The van der Waals surface area contributed by atoms with E-state index in [1.54, 1.807) is 0 Å². The number of benzene rings is 3. The molecule has 4 aromatic rings. The van der Waals surface area contributed by atoms with Gasteiger partial charge in [0.25, 0.3) is 0 Å². The molecule has 1 aliphatic rings. The van der Waals surface area contributed by atoms with E-state index < -0.39 is 7.12 Å². The van der Waals surface area contributed by atoms with Gasteiger partial charge in [-0.25, -0.2) is 0 Å². The summed E-state index contributed by atoms with van der Waals surface area (Å²) in [5, 5.41) is 1.06. The minimum Gasteiger partial charge on any atom is -0.455 e. The predicted octanol–water partition coefficient (Wildman–Crippen LogP) is 7.49. The van der Waals surface area contributed by atoms with Crippen LogP contribution < -0.4 is 5.46 Å². The van der Waals surface area contributed by atoms with Gasteiger partial charge < -0.3 is 13.7 Å². The van der Waals surface area contributed by atoms with Crippen LogP contribution in [0.3, 0.4) is 0 Å². The Balaban J connectivity index is 1.61. The average Bonchev–Trinajstić information content (AvgIpc) is 3.32. The Labute approximate surface area is 208 Å². The van der Waals surface area contributed by atoms with Crippen molar-refractivity contribution in [2.75, 3.05) is 0 Å². The van der Waals surface area contributed by atoms with E-state index in [1.807, 2.05) is 37.3 Å². The van der Waals surface area contributed by atoms with Crippen molar-refractivity contribution in [3.8, 4) is 11.1 Å². The van der Waals surface area contributed by atoms with Crippen LogP contribution in [0.25, 0.3) is 33.7 Å². The maximum absolute atomic E-state index is 6.57. The van der Waals surface area contributed by atoms with Crippen molar-refractivity contribution in [1.82, 2.24) is 0 Å². The number of para-hydroxylation sites is 1. The highest BCUT2D eigenvalue weighted by atomic mass is 16.7. The fraction of sp³-hybridized carbons (Fsp3) is 0.226. The lowest BCUT2D eigenvalue weighted by Gasteiger charge is -2.32. The second-order valence-corrected chi connectivity index (χ2v) is 10.1. The summed E-state index contributed by atoms with van der Waals surface area (Å²) in [6, 6.07) is 24.8. The van der Waals surface area contributed by atoms with Crippen LogP contribution in [-0.2, 0) is 9.31 Å². The number of hydrogen-bond acceptors (Lipinski definition) is 3. The third-order valence-corrected chi connectivity index (χ3v) is 7.21. The highest BCUT2D eigenvalue weighted by molar-refractivity contribution is 6.62. The van der Waals surface area contributed by atoms with Crippen LogP contribution in [0, 0.1) is 0 Å². The Bertz CT molecular complexity index is 1410. The standard InChI is InChI=1S/C31H31BO3/c1-7-13-26-27-19-12-18-25(29(27)33-28(26)21(2)22-14-9-8-10-15-22)23-16-11-17-24(20-23)32-34-30(3,4)31(5,6)35-32/h7-20H,2H2,1,3-6H3/b13-7-. The maximum Gasteiger partial charge on any atom is 0.494 e. The second-order valence-electron chi connectivity index (χ2n) is 10.1. The number of rotatable bonds is 5. The fourth-order valence-corrected chi connectivity index (χ4v) is 4.52. The fourth-order valence-electron chi connectivity index (χ4n) is 4.52. The molecule has 0 bridgehead atoms. The second kappa shape index (κ2) is 8.71. The molecule has 1 saturated heterocycles. The Morgan fingerprint density at radius 1 is 0.857 bits per heavy atom. The summed E-state index contributed by atoms with van der Waals surface area (Å²) in [5.74, 6) is 0.791. The summed E-state index contributed by atoms with van der Waals surface area (Å²) in [4.78, 5) is 0. The minimum absolute atomic E-state index is 0.386. The monoisotopic (exact) mass is 462 g/mol. The van der Waals surface area contributed by atoms with Gasteiger partial charge in [0.2, 0.25) is 0 Å². The molecule has 0 N–H and O–H groups in total. The molecule has 1 aliphatic heterocycles. The molecular weight excluding hydrogens is 431 g/mol. The molecule has 5 rings (SSSR count). The maximum atomic E-state index is 6.57. The molecular formula is C31H31BO3. The van der Waals surface area contributed by atoms with Crippen LogP contribution in [0.2, 0.25) is 0 Å². The first-order valence-electron chi connectivity index (χ1n) is 12.1. The predicted molar refractivity (Wildman–Crippen MR) is 147 cm³/mol. The molecule has 0 amide bonds. The topological polar surface area (TPSA) is 31.6 Å². The molecule has 2 heterocycles. The number of fused-ring (bicyclic) bond motifs is 1. The van der Waals surface area contributed by atoms with Crippen molar-refractivity contribution in [3.63, 3.8) is 0 Å². The SMILES string of the molecule is C=C(c1ccccc1)c1oc2c(-c3cccc(B4OC(C)(C)C(C)(C)O4)c3)cccc2c1/C=C\C. The summed E-state index contributed by atoms with van der Waals surface area (Å²) >= 11 is 0. The normalized spacial score (nSPS) is 16.9. The van der Waals surface area contributed by atoms with Gasteiger partial charge in [0.05, 0.1) is 11.2 Å². The van der Waals surface area contributed by atoms with Crippen molar-refractivity contribution in [2.24, 2.45) is 0 Å². The van der Waals surface area contributed by atoms with Crippen LogP contribution in [-0.4, -0.2) is 18.3 Å². The summed E-state index contributed by atoms with van der Waals surface area (Å²) in [5.41, 5.74) is 6.10. The third-order valence-electron chi connectivity index (χ3n) is 7.21. The van der Waals surface area contributed by atoms with Crippen molar-refractivity contribution < 1.29 is 13.7 Å². The van der Waals surface area contributed by atoms with Gasteiger partial charge in [0, 0.05) is 22.1 Å². The first kappa shape index (κ1) is 23.4. The van der Waals surface area contributed by atoms with Crippen LogP contribution in [0.15, 0.2) is 89.9 Å². The lowest BCUT2D eigenvalue weighted by molar-refractivity contribution is 0.00578. The molecule has 3 nitrogen and oxygen atoms in total. The van der Waals surface area contributed by atoms with Gasteiger partial charge in [0.15, 0.2) is 0 Å². The van der Waals surface area contributed by atoms with Gasteiger partial charge in [-0.1, -0.05) is 91.5 Å². The van der Waals surface area contributed by atoms with E-state index in [1.165, 1.54) is 0 Å². The number of furan rings is 1. The van der Waals surface area contributed by atoms with E-state index in [-0.39, 0.29) is 11.2 Å². The summed E-state index contributed by atoms with van der Waals surface area (Å²) < 4.78 is 19.2. The lowest BCUT2D eigenvalue weighted by Crippen LogP contribution is -2.41. The molecule has 0 atom stereocenters. The van der Waals surface area contributed by atoms with Gasteiger partial charge in [0.1, 0.15) is 11.3 Å². The highest BCUT2D eigenvalue weighted by Gasteiger charge is 2.51. The Hall–Kier alpha value is -3.34. The van der Waals surface area contributed by atoms with Crippen molar-refractivity contribution in [3.05, 3.63) is 102 Å². The molecule has 35 heavy (non-hydrogen) atoms. The quantitative estimate of drug-likeness (QED) is 0.288. The largest absolute Gasteiger partial charge is 0.494 e. The van der Waals surface area contributed by atoms with Crippen LogP contribution in [0.4, 0.5) is 0 Å². The van der Waals surface area contributed by atoms with Gasteiger partial charge in [-0.15, -0.1) is 0 Å². The van der Waals surface area contributed by atoms with Crippen molar-refractivity contribution >= 4 is 35.2 Å². The molecule has 0 aliphatic carbocycles. The first-order chi connectivity index (χ1) is 16.7. The van der Waals surface area contributed by atoms with E-state index in [0.717, 1.165) is 50.0 Å². The van der Waals surface area contributed by atoms with E-state index in [4.69, 9.17) is 13.7 Å². The Morgan fingerprint density at radius 2 is 1.54 bits per heavy atom. The van der Waals surface area contributed by atoms with E-state index in [9.17, 15) is 0 Å². The molecule has 1 fully saturated rings. The lowest BCUT2D eigenvalue weighted by atomic mass is 9.78.